The number of carboxylic acid groups (broad SMARTS) is 1. The first-order chi connectivity index (χ1) is 3.68. The lowest BCUT2D eigenvalue weighted by Gasteiger charge is -1.83. The van der Waals surface area contributed by atoms with Crippen molar-refractivity contribution in [2.45, 2.75) is 0 Å². The molecule has 0 aliphatic rings. The molecule has 0 amide bonds. The van der Waals surface area contributed by atoms with E-state index in [0.717, 1.165) is 0 Å². The predicted octanol–water partition coefficient (Wildman–Crippen LogP) is -0.288. The van der Waals surface area contributed by atoms with Gasteiger partial charge in [0.2, 0.25) is 5.76 Å². The SMILES string of the molecule is O=CC=C(O)C(=O)O. The zero-order chi connectivity index (χ0) is 6.57. The zero-order valence-electron chi connectivity index (χ0n) is 3.87. The fourth-order valence-corrected chi connectivity index (χ4v) is 0.136. The van der Waals surface area contributed by atoms with E-state index in [1.54, 1.807) is 0 Å². The molecule has 0 saturated carbocycles. The highest BCUT2D eigenvalue weighted by Gasteiger charge is 1.99. The lowest BCUT2D eigenvalue weighted by molar-refractivity contribution is -0.135. The molecule has 0 rings (SSSR count). The van der Waals surface area contributed by atoms with Crippen molar-refractivity contribution in [2.24, 2.45) is 0 Å². The maximum absolute atomic E-state index is 9.61. The smallest absolute Gasteiger partial charge is 0.371 e. The number of carboxylic acids is 1. The highest BCUT2D eigenvalue weighted by atomic mass is 16.4. The molecule has 0 heterocycles. The molecular formula is C4H4O4. The number of aliphatic hydroxyl groups excluding tert-OH is 1. The van der Waals surface area contributed by atoms with Gasteiger partial charge in [-0.15, -0.1) is 0 Å². The summed E-state index contributed by atoms with van der Waals surface area (Å²) in [6.45, 7) is 0. The summed E-state index contributed by atoms with van der Waals surface area (Å²) >= 11 is 0. The molecule has 4 heteroatoms. The Balaban J connectivity index is 3.99. The van der Waals surface area contributed by atoms with Crippen molar-refractivity contribution < 1.29 is 19.8 Å². The Morgan fingerprint density at radius 1 is 1.38 bits per heavy atom. The topological polar surface area (TPSA) is 74.6 Å². The Hall–Kier alpha value is -1.32. The van der Waals surface area contributed by atoms with Gasteiger partial charge in [-0.05, 0) is 0 Å². The van der Waals surface area contributed by atoms with Crippen LogP contribution in [-0.4, -0.2) is 22.5 Å². The number of rotatable bonds is 2. The van der Waals surface area contributed by atoms with Crippen molar-refractivity contribution in [3.63, 3.8) is 0 Å². The van der Waals surface area contributed by atoms with Gasteiger partial charge in [-0.3, -0.25) is 4.79 Å². The van der Waals surface area contributed by atoms with Gasteiger partial charge < -0.3 is 10.2 Å². The first-order valence-electron chi connectivity index (χ1n) is 1.76. The maximum atomic E-state index is 9.61. The average molecular weight is 116 g/mol. The van der Waals surface area contributed by atoms with Gasteiger partial charge in [0.05, 0.1) is 0 Å². The van der Waals surface area contributed by atoms with Crippen LogP contribution in [0.2, 0.25) is 0 Å². The summed E-state index contributed by atoms with van der Waals surface area (Å²) in [5.41, 5.74) is 0. The summed E-state index contributed by atoms with van der Waals surface area (Å²) in [4.78, 5) is 19.0. The van der Waals surface area contributed by atoms with E-state index in [1.807, 2.05) is 0 Å². The lowest BCUT2D eigenvalue weighted by atomic mass is 10.5. The first-order valence-corrected chi connectivity index (χ1v) is 1.76. The van der Waals surface area contributed by atoms with Gasteiger partial charge >= 0.3 is 5.97 Å². The summed E-state index contributed by atoms with van der Waals surface area (Å²) in [7, 11) is 0. The molecule has 44 valence electrons. The molecule has 2 N–H and O–H groups in total. The predicted molar refractivity (Wildman–Crippen MR) is 24.4 cm³/mol. The largest absolute Gasteiger partial charge is 0.502 e. The third-order valence-corrected chi connectivity index (χ3v) is 0.445. The van der Waals surface area contributed by atoms with E-state index in [0.29, 0.717) is 6.08 Å². The summed E-state index contributed by atoms with van der Waals surface area (Å²) in [5.74, 6) is -2.45. The first kappa shape index (κ1) is 6.68. The van der Waals surface area contributed by atoms with Gasteiger partial charge in [0.1, 0.15) is 6.29 Å². The van der Waals surface area contributed by atoms with Gasteiger partial charge in [0, 0.05) is 6.08 Å². The summed E-state index contributed by atoms with van der Waals surface area (Å²) in [6, 6.07) is 0. The lowest BCUT2D eigenvalue weighted by Crippen LogP contribution is -1.98. The van der Waals surface area contributed by atoms with Crippen molar-refractivity contribution in [3.05, 3.63) is 11.8 Å². The van der Waals surface area contributed by atoms with Gasteiger partial charge in [0.15, 0.2) is 0 Å². The molecule has 0 saturated heterocycles. The second-order valence-electron chi connectivity index (χ2n) is 0.993. The van der Waals surface area contributed by atoms with E-state index in [9.17, 15) is 9.59 Å². The van der Waals surface area contributed by atoms with Gasteiger partial charge in [-0.1, -0.05) is 0 Å². The molecule has 0 aromatic carbocycles. The van der Waals surface area contributed by atoms with E-state index in [2.05, 4.69) is 0 Å². The van der Waals surface area contributed by atoms with E-state index in [-0.39, 0.29) is 6.29 Å². The molecule has 0 spiro atoms. The fourth-order valence-electron chi connectivity index (χ4n) is 0.136. The molecular weight excluding hydrogens is 112 g/mol. The number of hydrogen-bond donors (Lipinski definition) is 2. The van der Waals surface area contributed by atoms with Crippen molar-refractivity contribution in [3.8, 4) is 0 Å². The van der Waals surface area contributed by atoms with Crippen molar-refractivity contribution in [2.75, 3.05) is 0 Å². The van der Waals surface area contributed by atoms with Crippen LogP contribution < -0.4 is 0 Å². The van der Waals surface area contributed by atoms with Crippen molar-refractivity contribution in [1.82, 2.24) is 0 Å². The Kier molecular flexibility index (Phi) is 2.33. The number of aliphatic carboxylic acids is 1. The number of aliphatic hydroxyl groups is 1. The average Bonchev–Trinajstić information content (AvgIpc) is 1.67. The third kappa shape index (κ3) is 1.96. The normalized spacial score (nSPS) is 10.8. The van der Waals surface area contributed by atoms with Crippen LogP contribution in [0.5, 0.6) is 0 Å². The highest BCUT2D eigenvalue weighted by Crippen LogP contribution is 1.82. The Labute approximate surface area is 45.1 Å². The quantitative estimate of drug-likeness (QED) is 0.295. The standard InChI is InChI=1S/C4H4O4/c5-2-1-3(6)4(7)8/h1-2,6H,(H,7,8). The van der Waals surface area contributed by atoms with Gasteiger partial charge in [-0.2, -0.15) is 0 Å². The molecule has 0 bridgehead atoms. The molecule has 0 aromatic heterocycles. The number of carbonyl (C=O) groups excluding carboxylic acids is 1. The molecule has 0 atom stereocenters. The Morgan fingerprint density at radius 3 is 2.00 bits per heavy atom. The van der Waals surface area contributed by atoms with E-state index < -0.39 is 11.7 Å². The number of allylic oxidation sites excluding steroid dienone is 1. The van der Waals surface area contributed by atoms with Crippen LogP contribution >= 0.6 is 0 Å². The molecule has 0 aliphatic heterocycles. The summed E-state index contributed by atoms with van der Waals surface area (Å²) in [5, 5.41) is 16.0. The zero-order valence-corrected chi connectivity index (χ0v) is 3.87. The van der Waals surface area contributed by atoms with Crippen LogP contribution in [0.4, 0.5) is 0 Å². The van der Waals surface area contributed by atoms with Crippen LogP contribution in [0.25, 0.3) is 0 Å². The number of carbonyl (C=O) groups is 2. The van der Waals surface area contributed by atoms with Gasteiger partial charge in [-0.25, -0.2) is 4.79 Å². The van der Waals surface area contributed by atoms with Crippen molar-refractivity contribution >= 4 is 12.3 Å². The highest BCUT2D eigenvalue weighted by molar-refractivity contribution is 5.88. The number of hydrogen-bond acceptors (Lipinski definition) is 3. The number of aldehydes is 1. The molecule has 0 fully saturated rings. The summed E-state index contributed by atoms with van der Waals surface area (Å²) < 4.78 is 0. The second-order valence-corrected chi connectivity index (χ2v) is 0.993. The Bertz CT molecular complexity index is 135. The molecule has 0 aromatic rings. The summed E-state index contributed by atoms with van der Waals surface area (Å²) in [6.07, 6.45) is 0.756. The second kappa shape index (κ2) is 2.79. The van der Waals surface area contributed by atoms with Crippen LogP contribution in [0, 0.1) is 0 Å². The van der Waals surface area contributed by atoms with Crippen LogP contribution in [0.3, 0.4) is 0 Å². The minimum absolute atomic E-state index is 0.198. The van der Waals surface area contributed by atoms with E-state index in [4.69, 9.17) is 10.2 Å². The third-order valence-electron chi connectivity index (χ3n) is 0.445. The van der Waals surface area contributed by atoms with E-state index >= 15 is 0 Å². The minimum atomic E-state index is -1.50. The van der Waals surface area contributed by atoms with Crippen LogP contribution in [0.15, 0.2) is 11.8 Å². The molecule has 0 aliphatic carbocycles. The van der Waals surface area contributed by atoms with Crippen LogP contribution in [0.1, 0.15) is 0 Å². The fraction of sp³-hybridized carbons (Fsp3) is 0. The van der Waals surface area contributed by atoms with Gasteiger partial charge in [0.25, 0.3) is 0 Å². The Morgan fingerprint density at radius 2 is 1.88 bits per heavy atom. The molecule has 4 nitrogen and oxygen atoms in total. The van der Waals surface area contributed by atoms with Crippen molar-refractivity contribution in [1.29, 1.82) is 0 Å². The minimum Gasteiger partial charge on any atom is -0.502 e. The van der Waals surface area contributed by atoms with E-state index in [1.165, 1.54) is 0 Å². The molecule has 0 radical (unpaired) electrons. The monoisotopic (exact) mass is 116 g/mol. The molecule has 0 unspecified atom stereocenters. The maximum Gasteiger partial charge on any atom is 0.371 e. The molecule has 8 heavy (non-hydrogen) atoms. The van der Waals surface area contributed by atoms with Crippen LogP contribution in [-0.2, 0) is 9.59 Å².